The van der Waals surface area contributed by atoms with E-state index in [-0.39, 0.29) is 11.4 Å². The summed E-state index contributed by atoms with van der Waals surface area (Å²) in [6.45, 7) is 2.79. The third kappa shape index (κ3) is 3.61. The minimum Gasteiger partial charge on any atom is -0.383 e. The third-order valence-corrected chi connectivity index (χ3v) is 6.18. The predicted molar refractivity (Wildman–Crippen MR) is 121 cm³/mol. The normalized spacial score (nSPS) is 15.1. The van der Waals surface area contributed by atoms with Gasteiger partial charge in [-0.1, -0.05) is 15.9 Å². The fourth-order valence-electron chi connectivity index (χ4n) is 4.11. The molecule has 1 aliphatic heterocycles. The molecule has 3 heterocycles. The molecule has 0 unspecified atom stereocenters. The Morgan fingerprint density at radius 3 is 2.77 bits per heavy atom. The van der Waals surface area contributed by atoms with Crippen LogP contribution < -0.4 is 16.2 Å². The number of anilines is 1. The highest BCUT2D eigenvalue weighted by Crippen LogP contribution is 2.33. The number of hydrogen-bond acceptors (Lipinski definition) is 4. The Morgan fingerprint density at radius 1 is 1.10 bits per heavy atom. The van der Waals surface area contributed by atoms with E-state index in [0.717, 1.165) is 53.5 Å². The van der Waals surface area contributed by atoms with Crippen LogP contribution in [0.3, 0.4) is 0 Å². The van der Waals surface area contributed by atoms with E-state index in [9.17, 15) is 9.18 Å². The van der Waals surface area contributed by atoms with E-state index in [1.807, 2.05) is 18.2 Å². The van der Waals surface area contributed by atoms with Gasteiger partial charge in [-0.3, -0.25) is 4.79 Å². The summed E-state index contributed by atoms with van der Waals surface area (Å²) in [6, 6.07) is 10.1. The molecule has 8 heteroatoms. The Balaban J connectivity index is 1.66. The maximum Gasteiger partial charge on any atom is 0.261 e. The number of aromatic nitrogens is 3. The minimum atomic E-state index is -0.349. The Morgan fingerprint density at radius 2 is 1.93 bits per heavy atom. The molecule has 30 heavy (non-hydrogen) atoms. The predicted octanol–water partition coefficient (Wildman–Crippen LogP) is 4.38. The van der Waals surface area contributed by atoms with Gasteiger partial charge in [0.15, 0.2) is 0 Å². The molecule has 1 saturated heterocycles. The molecule has 2 aromatic carbocycles. The first-order valence-electron chi connectivity index (χ1n) is 10.0. The lowest BCUT2D eigenvalue weighted by molar-refractivity contribution is 0.390. The zero-order chi connectivity index (χ0) is 20.7. The zero-order valence-corrected chi connectivity index (χ0v) is 17.8. The molecule has 154 valence electrons. The summed E-state index contributed by atoms with van der Waals surface area (Å²) < 4.78 is 14.6. The van der Waals surface area contributed by atoms with E-state index in [2.05, 4.69) is 41.5 Å². The van der Waals surface area contributed by atoms with E-state index >= 15 is 0 Å². The van der Waals surface area contributed by atoms with Crippen molar-refractivity contribution in [1.82, 2.24) is 20.3 Å². The average Bonchev–Trinajstić information content (AvgIpc) is 3.15. The Hall–Kier alpha value is -2.71. The van der Waals surface area contributed by atoms with Crippen molar-refractivity contribution in [3.05, 3.63) is 57.0 Å². The number of pyridine rings is 1. The lowest BCUT2D eigenvalue weighted by Crippen LogP contribution is -2.31. The van der Waals surface area contributed by atoms with Crippen molar-refractivity contribution in [2.45, 2.75) is 12.8 Å². The number of hydrogen-bond donors (Lipinski definition) is 4. The fourth-order valence-corrected chi connectivity index (χ4v) is 4.47. The molecule has 0 radical (unpaired) electrons. The molecular formula is C22H21BrFN5O. The van der Waals surface area contributed by atoms with E-state index in [1.165, 1.54) is 12.1 Å². The van der Waals surface area contributed by atoms with Crippen LogP contribution in [0.2, 0.25) is 0 Å². The molecule has 6 nitrogen and oxygen atoms in total. The van der Waals surface area contributed by atoms with Gasteiger partial charge in [0.05, 0.1) is 22.2 Å². The maximum atomic E-state index is 13.6. The largest absolute Gasteiger partial charge is 0.383 e. The van der Waals surface area contributed by atoms with Crippen LogP contribution in [-0.4, -0.2) is 34.6 Å². The number of imidazole rings is 1. The first-order valence-corrected chi connectivity index (χ1v) is 10.8. The molecule has 0 saturated carbocycles. The van der Waals surface area contributed by atoms with E-state index < -0.39 is 0 Å². The zero-order valence-electron chi connectivity index (χ0n) is 16.2. The summed E-state index contributed by atoms with van der Waals surface area (Å²) in [7, 11) is 0. The molecule has 0 bridgehead atoms. The van der Waals surface area contributed by atoms with Crippen LogP contribution in [0.25, 0.3) is 33.3 Å². The molecule has 2 aromatic heterocycles. The quantitative estimate of drug-likeness (QED) is 0.357. The highest BCUT2D eigenvalue weighted by Gasteiger charge is 2.20. The summed E-state index contributed by atoms with van der Waals surface area (Å²) in [6.07, 6.45) is 2.19. The molecule has 0 amide bonds. The standard InChI is InChI=1S/C22H21BrFN5O/c23-13-1-3-16-15(9-13)20(26-11-12-5-7-25-8-6-12)19(22(30)29-16)21-27-17-4-2-14(24)10-18(17)28-21/h1-4,9-10,12,25H,5-8,11H2,(H,27,28)(H2,26,29,30). The number of halogens is 2. The van der Waals surface area contributed by atoms with Crippen molar-refractivity contribution >= 4 is 43.6 Å². The molecule has 5 rings (SSSR count). The lowest BCUT2D eigenvalue weighted by Gasteiger charge is -2.24. The summed E-state index contributed by atoms with van der Waals surface area (Å²) in [4.78, 5) is 23.7. The van der Waals surface area contributed by atoms with Crippen molar-refractivity contribution < 1.29 is 4.39 Å². The molecular weight excluding hydrogens is 449 g/mol. The number of nitrogens with one attached hydrogen (secondary N) is 4. The van der Waals surface area contributed by atoms with Crippen LogP contribution in [0.15, 0.2) is 45.7 Å². The van der Waals surface area contributed by atoms with Crippen molar-refractivity contribution in [2.75, 3.05) is 25.0 Å². The second-order valence-electron chi connectivity index (χ2n) is 7.72. The SMILES string of the molecule is O=c1[nH]c2ccc(Br)cc2c(NCC2CCNCC2)c1-c1nc2ccc(F)cc2[nH]1. The minimum absolute atomic E-state index is 0.239. The van der Waals surface area contributed by atoms with Gasteiger partial charge in [0.2, 0.25) is 0 Å². The van der Waals surface area contributed by atoms with Crippen LogP contribution in [0.5, 0.6) is 0 Å². The monoisotopic (exact) mass is 469 g/mol. The summed E-state index contributed by atoms with van der Waals surface area (Å²) in [5.74, 6) is 0.607. The highest BCUT2D eigenvalue weighted by atomic mass is 79.9. The van der Waals surface area contributed by atoms with E-state index in [0.29, 0.717) is 28.3 Å². The summed E-state index contributed by atoms with van der Waals surface area (Å²) in [5.41, 5.74) is 2.87. The number of benzene rings is 2. The number of fused-ring (bicyclic) bond motifs is 2. The van der Waals surface area contributed by atoms with Crippen molar-refractivity contribution in [3.63, 3.8) is 0 Å². The van der Waals surface area contributed by atoms with Gasteiger partial charge in [-0.25, -0.2) is 9.37 Å². The van der Waals surface area contributed by atoms with Crippen molar-refractivity contribution in [3.8, 4) is 11.4 Å². The second kappa shape index (κ2) is 7.85. The van der Waals surface area contributed by atoms with Crippen molar-refractivity contribution in [2.24, 2.45) is 5.92 Å². The maximum absolute atomic E-state index is 13.6. The smallest absolute Gasteiger partial charge is 0.261 e. The van der Waals surface area contributed by atoms with Gasteiger partial charge >= 0.3 is 0 Å². The van der Waals surface area contributed by atoms with Gasteiger partial charge in [-0.05, 0) is 68.2 Å². The second-order valence-corrected chi connectivity index (χ2v) is 8.63. The molecule has 0 atom stereocenters. The Labute approximate surface area is 180 Å². The number of piperidine rings is 1. The lowest BCUT2D eigenvalue weighted by atomic mass is 9.97. The topological polar surface area (TPSA) is 85.6 Å². The van der Waals surface area contributed by atoms with Crippen LogP contribution in [-0.2, 0) is 0 Å². The molecule has 4 N–H and O–H groups in total. The number of aromatic amines is 2. The highest BCUT2D eigenvalue weighted by molar-refractivity contribution is 9.10. The van der Waals surface area contributed by atoms with Crippen LogP contribution in [0.4, 0.5) is 10.1 Å². The average molecular weight is 470 g/mol. The van der Waals surface area contributed by atoms with Gasteiger partial charge in [0.1, 0.15) is 17.2 Å². The van der Waals surface area contributed by atoms with Gasteiger partial charge in [-0.2, -0.15) is 0 Å². The molecule has 4 aromatic rings. The Bertz CT molecular complexity index is 1290. The molecule has 1 aliphatic rings. The van der Waals surface area contributed by atoms with E-state index in [1.54, 1.807) is 6.07 Å². The third-order valence-electron chi connectivity index (χ3n) is 5.68. The van der Waals surface area contributed by atoms with Crippen LogP contribution in [0.1, 0.15) is 12.8 Å². The van der Waals surface area contributed by atoms with Gasteiger partial charge in [0.25, 0.3) is 5.56 Å². The van der Waals surface area contributed by atoms with Gasteiger partial charge < -0.3 is 20.6 Å². The van der Waals surface area contributed by atoms with Crippen molar-refractivity contribution in [1.29, 1.82) is 0 Å². The summed E-state index contributed by atoms with van der Waals surface area (Å²) in [5, 5.41) is 7.83. The molecule has 0 spiro atoms. The molecule has 0 aliphatic carbocycles. The van der Waals surface area contributed by atoms with Crippen LogP contribution >= 0.6 is 15.9 Å². The fraction of sp³-hybridized carbons (Fsp3) is 0.273. The van der Waals surface area contributed by atoms with Crippen LogP contribution in [0, 0.1) is 11.7 Å². The number of nitrogens with zero attached hydrogens (tertiary/aromatic N) is 1. The first kappa shape index (κ1) is 19.3. The first-order chi connectivity index (χ1) is 14.6. The Kier molecular flexibility index (Phi) is 5.04. The number of rotatable bonds is 4. The van der Waals surface area contributed by atoms with E-state index in [4.69, 9.17) is 0 Å². The summed E-state index contributed by atoms with van der Waals surface area (Å²) >= 11 is 3.54. The van der Waals surface area contributed by atoms with Gasteiger partial charge in [-0.15, -0.1) is 0 Å². The van der Waals surface area contributed by atoms with Gasteiger partial charge in [0, 0.05) is 16.4 Å². The number of H-pyrrole nitrogens is 2. The molecule has 1 fully saturated rings.